The molecular weight excluding hydrogens is 152 g/mol. The van der Waals surface area contributed by atoms with E-state index < -0.39 is 11.2 Å². The SMILES string of the molecule is O=c1[15nH]c(=O)c2[15nH][13cH]nc2[15nH]1. The summed E-state index contributed by atoms with van der Waals surface area (Å²) < 4.78 is 0. The zero-order valence-corrected chi connectivity index (χ0v) is 5.34. The summed E-state index contributed by atoms with van der Waals surface area (Å²) in [5.74, 6) is 0. The van der Waals surface area contributed by atoms with Crippen molar-refractivity contribution in [2.24, 2.45) is 0 Å². The Labute approximate surface area is 59.3 Å². The van der Waals surface area contributed by atoms with E-state index in [1.54, 1.807) is 0 Å². The van der Waals surface area contributed by atoms with Crippen molar-refractivity contribution in [1.82, 2.24) is 19.9 Å². The van der Waals surface area contributed by atoms with Crippen LogP contribution in [-0.4, -0.2) is 19.9 Å². The summed E-state index contributed by atoms with van der Waals surface area (Å²) in [6.45, 7) is 0. The fourth-order valence-electron chi connectivity index (χ4n) is 0.867. The van der Waals surface area contributed by atoms with Crippen molar-refractivity contribution in [2.75, 3.05) is 0 Å². The summed E-state index contributed by atoms with van der Waals surface area (Å²) >= 11 is 0. The second kappa shape index (κ2) is 1.82. The van der Waals surface area contributed by atoms with Gasteiger partial charge in [-0.1, -0.05) is 0 Å². The minimum absolute atomic E-state index is 0.277. The number of rotatable bonds is 0. The van der Waals surface area contributed by atoms with Gasteiger partial charge in [0.05, 0.1) is 6.33 Å². The van der Waals surface area contributed by atoms with E-state index in [9.17, 15) is 9.59 Å². The van der Waals surface area contributed by atoms with Gasteiger partial charge in [-0.25, -0.2) is 9.78 Å². The van der Waals surface area contributed by atoms with Gasteiger partial charge < -0.3 is 4.98 Å². The van der Waals surface area contributed by atoms with E-state index in [4.69, 9.17) is 0 Å². The molecule has 0 aliphatic heterocycles. The molecule has 2 aromatic rings. The molecule has 0 saturated heterocycles. The average molecular weight is 156 g/mol. The summed E-state index contributed by atoms with van der Waals surface area (Å²) in [4.78, 5) is 32.3. The fourth-order valence-corrected chi connectivity index (χ4v) is 0.867. The van der Waals surface area contributed by atoms with Gasteiger partial charge in [0.15, 0.2) is 5.65 Å². The lowest BCUT2D eigenvalue weighted by molar-refractivity contribution is 1.07. The third-order valence-electron chi connectivity index (χ3n) is 1.33. The maximum atomic E-state index is 10.9. The van der Waals surface area contributed by atoms with Gasteiger partial charge in [-0.15, -0.1) is 0 Å². The number of hydrogen-bond donors (Lipinski definition) is 3. The molecule has 11 heavy (non-hydrogen) atoms. The molecule has 2 rings (SSSR count). The molecule has 0 aliphatic rings. The predicted molar refractivity (Wildman–Crippen MR) is 37.3 cm³/mol. The number of nitrogens with one attached hydrogen (secondary N) is 3. The van der Waals surface area contributed by atoms with Crippen LogP contribution in [0.5, 0.6) is 0 Å². The van der Waals surface area contributed by atoms with Gasteiger partial charge in [0, 0.05) is 0 Å². The Hall–Kier alpha value is -1.85. The van der Waals surface area contributed by atoms with Crippen molar-refractivity contribution in [3.05, 3.63) is 27.2 Å². The van der Waals surface area contributed by atoms with Crippen LogP contribution in [-0.2, 0) is 0 Å². The molecule has 56 valence electrons. The molecule has 6 heteroatoms. The van der Waals surface area contributed by atoms with E-state index in [0.29, 0.717) is 0 Å². The van der Waals surface area contributed by atoms with Gasteiger partial charge in [-0.05, 0) is 0 Å². The van der Waals surface area contributed by atoms with E-state index in [0.717, 1.165) is 0 Å². The van der Waals surface area contributed by atoms with Gasteiger partial charge in [0.25, 0.3) is 5.56 Å². The minimum Gasteiger partial charge on any atom is -0.339 e. The standard InChI is InChI=1S/C5H4N4O2/c10-4-2-3(7-1-6-2)8-5(11)9-4/h1H,(H3,6,7,8,9,10,11)/i1+1,6+1,8+1,9+1. The topological polar surface area (TPSA) is 94.4 Å². The lowest BCUT2D eigenvalue weighted by Gasteiger charge is -1.83. The van der Waals surface area contributed by atoms with Crippen molar-refractivity contribution in [2.45, 2.75) is 0 Å². The number of aromatic amines is 3. The normalized spacial score (nSPS) is 10.5. The molecule has 0 radical (unpaired) electrons. The molecule has 0 fully saturated rings. The molecule has 3 N–H and O–H groups in total. The van der Waals surface area contributed by atoms with Crippen LogP contribution in [0.1, 0.15) is 0 Å². The van der Waals surface area contributed by atoms with Crippen molar-refractivity contribution in [3.63, 3.8) is 0 Å². The summed E-state index contributed by atoms with van der Waals surface area (Å²) in [6, 6.07) is 0. The molecule has 0 bridgehead atoms. The molecule has 0 atom stereocenters. The smallest absolute Gasteiger partial charge is 0.327 e. The minimum atomic E-state index is -0.547. The molecule has 2 heterocycles. The number of fused-ring (bicyclic) bond motifs is 1. The summed E-state index contributed by atoms with van der Waals surface area (Å²) in [5, 5.41) is 0. The highest BCUT2D eigenvalue weighted by Crippen LogP contribution is 1.92. The van der Waals surface area contributed by atoms with E-state index in [2.05, 4.69) is 19.9 Å². The second-order valence-electron chi connectivity index (χ2n) is 2.03. The number of hydrogen-bond acceptors (Lipinski definition) is 3. The van der Waals surface area contributed by atoms with Crippen LogP contribution in [0.2, 0.25) is 0 Å². The van der Waals surface area contributed by atoms with E-state index in [1.165, 1.54) is 6.33 Å². The number of aromatic nitrogens is 4. The Bertz CT molecular complexity index is 491. The van der Waals surface area contributed by atoms with Gasteiger partial charge >= 0.3 is 5.69 Å². The first-order valence-electron chi connectivity index (χ1n) is 2.93. The Balaban J connectivity index is 3.15. The largest absolute Gasteiger partial charge is 0.339 e. The molecule has 6 nitrogen and oxygen atoms in total. The quantitative estimate of drug-likeness (QED) is 0.453. The third kappa shape index (κ3) is 0.759. The van der Waals surface area contributed by atoms with Crippen LogP contribution < -0.4 is 11.2 Å². The van der Waals surface area contributed by atoms with Crippen molar-refractivity contribution >= 4 is 11.2 Å². The lowest BCUT2D eigenvalue weighted by Crippen LogP contribution is -2.21. The van der Waals surface area contributed by atoms with Crippen LogP contribution in [0.4, 0.5) is 0 Å². The molecule has 0 aromatic carbocycles. The maximum absolute atomic E-state index is 10.9. The van der Waals surface area contributed by atoms with Gasteiger partial charge in [-0.3, -0.25) is 14.8 Å². The van der Waals surface area contributed by atoms with Crippen LogP contribution in [0.3, 0.4) is 0 Å². The Morgan fingerprint density at radius 3 is 2.91 bits per heavy atom. The molecule has 0 unspecified atom stereocenters. The first kappa shape index (κ1) is 5.90. The third-order valence-corrected chi connectivity index (χ3v) is 1.33. The van der Waals surface area contributed by atoms with Crippen LogP contribution >= 0.6 is 0 Å². The van der Waals surface area contributed by atoms with Crippen LogP contribution in [0, 0.1) is 0 Å². The predicted octanol–water partition coefficient (Wildman–Crippen LogP) is -1.06. The first-order valence-corrected chi connectivity index (χ1v) is 2.93. The molecule has 0 spiro atoms. The van der Waals surface area contributed by atoms with Crippen molar-refractivity contribution < 1.29 is 0 Å². The van der Waals surface area contributed by atoms with Crippen molar-refractivity contribution in [1.29, 1.82) is 0 Å². The van der Waals surface area contributed by atoms with Crippen molar-refractivity contribution in [3.8, 4) is 0 Å². The molecule has 0 aliphatic carbocycles. The first-order chi connectivity index (χ1) is 5.27. The Morgan fingerprint density at radius 2 is 2.09 bits per heavy atom. The lowest BCUT2D eigenvalue weighted by atomic mass is 10.6. The average Bonchev–Trinajstić information content (AvgIpc) is 2.34. The number of nitrogens with zero attached hydrogens (tertiary/aromatic N) is 1. The molecule has 0 amide bonds. The zero-order chi connectivity index (χ0) is 7.84. The molecule has 2 aromatic heterocycles. The van der Waals surface area contributed by atoms with E-state index in [-0.39, 0.29) is 11.2 Å². The molecule has 0 saturated carbocycles. The monoisotopic (exact) mass is 156 g/mol. The van der Waals surface area contributed by atoms with Gasteiger partial charge in [0.1, 0.15) is 5.52 Å². The number of imidazole rings is 1. The maximum Gasteiger partial charge on any atom is 0.327 e. The van der Waals surface area contributed by atoms with E-state index in [1.807, 2.05) is 0 Å². The summed E-state index contributed by atoms with van der Waals surface area (Å²) in [7, 11) is 0. The fraction of sp³-hybridized carbons (Fsp3) is 0. The van der Waals surface area contributed by atoms with Crippen LogP contribution in [0.25, 0.3) is 11.2 Å². The zero-order valence-electron chi connectivity index (χ0n) is 5.34. The second-order valence-corrected chi connectivity index (χ2v) is 2.03. The highest BCUT2D eigenvalue weighted by atomic mass is 16.2. The highest BCUT2D eigenvalue weighted by molar-refractivity contribution is 5.67. The van der Waals surface area contributed by atoms with E-state index >= 15 is 0 Å². The highest BCUT2D eigenvalue weighted by Gasteiger charge is 1.99. The Morgan fingerprint density at radius 1 is 1.27 bits per heavy atom. The van der Waals surface area contributed by atoms with Gasteiger partial charge in [-0.2, -0.15) is 0 Å². The Kier molecular flexibility index (Phi) is 0.974. The molecular formula is C5H4N4O2. The van der Waals surface area contributed by atoms with Gasteiger partial charge in [0.2, 0.25) is 0 Å². The summed E-state index contributed by atoms with van der Waals surface area (Å²) in [5.41, 5.74) is -0.445. The van der Waals surface area contributed by atoms with Crippen LogP contribution in [0.15, 0.2) is 15.9 Å². The summed E-state index contributed by atoms with van der Waals surface area (Å²) in [6.07, 6.45) is 1.34. The number of H-pyrrole nitrogens is 3.